The number of aryl methyl sites for hydroxylation is 3. The van der Waals surface area contributed by atoms with E-state index in [1.54, 1.807) is 0 Å². The van der Waals surface area contributed by atoms with Crippen LogP contribution in [0.1, 0.15) is 34.1 Å². The molecule has 1 unspecified atom stereocenters. The number of aromatic nitrogens is 2. The van der Waals surface area contributed by atoms with Crippen LogP contribution < -0.4 is 11.3 Å². The van der Waals surface area contributed by atoms with Gasteiger partial charge in [0.2, 0.25) is 0 Å². The highest BCUT2D eigenvalue weighted by Gasteiger charge is 2.15. The van der Waals surface area contributed by atoms with Crippen molar-refractivity contribution in [2.24, 2.45) is 5.84 Å². The van der Waals surface area contributed by atoms with Crippen LogP contribution in [0, 0.1) is 20.8 Å². The largest absolute Gasteiger partial charge is 0.271 e. The number of hydrogen-bond donors (Lipinski definition) is 2. The van der Waals surface area contributed by atoms with Gasteiger partial charge in [-0.25, -0.2) is 0 Å². The normalized spacial score (nSPS) is 12.4. The van der Waals surface area contributed by atoms with Crippen molar-refractivity contribution in [2.45, 2.75) is 33.2 Å². The zero-order chi connectivity index (χ0) is 13.8. The summed E-state index contributed by atoms with van der Waals surface area (Å²) in [7, 11) is 0. The molecule has 1 aromatic heterocycles. The first-order valence-electron chi connectivity index (χ1n) is 6.43. The lowest BCUT2D eigenvalue weighted by Gasteiger charge is -2.19. The Morgan fingerprint density at radius 3 is 2.58 bits per heavy atom. The molecule has 0 radical (unpaired) electrons. The summed E-state index contributed by atoms with van der Waals surface area (Å²) in [6.45, 7) is 6.02. The Labute approximate surface area is 114 Å². The average Bonchev–Trinajstić information content (AvgIpc) is 2.41. The van der Waals surface area contributed by atoms with Gasteiger partial charge in [0.15, 0.2) is 0 Å². The molecule has 100 valence electrons. The molecular weight excluding hydrogens is 236 g/mol. The fourth-order valence-electron chi connectivity index (χ4n) is 2.24. The highest BCUT2D eigenvalue weighted by atomic mass is 15.2. The van der Waals surface area contributed by atoms with E-state index in [9.17, 15) is 0 Å². The van der Waals surface area contributed by atoms with Gasteiger partial charge in [0.05, 0.1) is 17.4 Å². The standard InChI is InChI=1S/C15H20N4/c1-10-6-4-5-7-13(10)9-15(17-16)14-8-11(2)18-19-12(14)3/h4-8,15,17H,9,16H2,1-3H3. The Kier molecular flexibility index (Phi) is 4.24. The van der Waals surface area contributed by atoms with E-state index in [0.717, 1.165) is 23.4 Å². The van der Waals surface area contributed by atoms with Crippen LogP contribution >= 0.6 is 0 Å². The molecule has 3 N–H and O–H groups in total. The van der Waals surface area contributed by atoms with E-state index in [1.807, 2.05) is 26.0 Å². The number of hydrogen-bond acceptors (Lipinski definition) is 4. The van der Waals surface area contributed by atoms with Crippen LogP contribution in [-0.2, 0) is 6.42 Å². The van der Waals surface area contributed by atoms with E-state index in [-0.39, 0.29) is 6.04 Å². The van der Waals surface area contributed by atoms with Crippen molar-refractivity contribution in [2.75, 3.05) is 0 Å². The number of nitrogens with two attached hydrogens (primary N) is 1. The predicted octanol–water partition coefficient (Wildman–Crippen LogP) is 2.15. The molecule has 1 heterocycles. The molecule has 0 aliphatic heterocycles. The van der Waals surface area contributed by atoms with E-state index < -0.39 is 0 Å². The Bertz CT molecular complexity index is 566. The van der Waals surface area contributed by atoms with Crippen molar-refractivity contribution in [1.82, 2.24) is 15.6 Å². The molecule has 0 fully saturated rings. The van der Waals surface area contributed by atoms with E-state index in [2.05, 4.69) is 40.7 Å². The van der Waals surface area contributed by atoms with Crippen LogP contribution in [0.4, 0.5) is 0 Å². The number of benzene rings is 1. The predicted molar refractivity (Wildman–Crippen MR) is 76.5 cm³/mol. The minimum atomic E-state index is 0.0512. The molecule has 0 saturated carbocycles. The zero-order valence-electron chi connectivity index (χ0n) is 11.6. The lowest BCUT2D eigenvalue weighted by Crippen LogP contribution is -2.30. The molecule has 19 heavy (non-hydrogen) atoms. The Balaban J connectivity index is 2.30. The molecule has 4 heteroatoms. The second kappa shape index (κ2) is 5.91. The van der Waals surface area contributed by atoms with Crippen molar-refractivity contribution in [3.05, 3.63) is 58.4 Å². The second-order valence-corrected chi connectivity index (χ2v) is 4.88. The maximum Gasteiger partial charge on any atom is 0.0648 e. The van der Waals surface area contributed by atoms with E-state index in [1.165, 1.54) is 11.1 Å². The smallest absolute Gasteiger partial charge is 0.0648 e. The first-order chi connectivity index (χ1) is 9.11. The van der Waals surface area contributed by atoms with Gasteiger partial charge in [0, 0.05) is 0 Å². The van der Waals surface area contributed by atoms with Gasteiger partial charge in [-0.15, -0.1) is 0 Å². The van der Waals surface area contributed by atoms with Crippen molar-refractivity contribution < 1.29 is 0 Å². The molecule has 0 saturated heterocycles. The zero-order valence-corrected chi connectivity index (χ0v) is 11.6. The monoisotopic (exact) mass is 256 g/mol. The van der Waals surface area contributed by atoms with Gasteiger partial charge >= 0.3 is 0 Å². The molecular formula is C15H20N4. The summed E-state index contributed by atoms with van der Waals surface area (Å²) in [6, 6.07) is 10.5. The molecule has 1 atom stereocenters. The van der Waals surface area contributed by atoms with Gasteiger partial charge in [-0.05, 0) is 49.9 Å². The van der Waals surface area contributed by atoms with Crippen molar-refractivity contribution in [3.8, 4) is 0 Å². The van der Waals surface area contributed by atoms with Crippen LogP contribution in [0.25, 0.3) is 0 Å². The van der Waals surface area contributed by atoms with Gasteiger partial charge < -0.3 is 0 Å². The average molecular weight is 256 g/mol. The van der Waals surface area contributed by atoms with E-state index in [0.29, 0.717) is 0 Å². The lowest BCUT2D eigenvalue weighted by molar-refractivity contribution is 0.543. The third-order valence-corrected chi connectivity index (χ3v) is 3.40. The van der Waals surface area contributed by atoms with Crippen molar-refractivity contribution in [1.29, 1.82) is 0 Å². The minimum Gasteiger partial charge on any atom is -0.271 e. The van der Waals surface area contributed by atoms with Crippen LogP contribution in [0.5, 0.6) is 0 Å². The van der Waals surface area contributed by atoms with Gasteiger partial charge in [-0.3, -0.25) is 11.3 Å². The highest BCUT2D eigenvalue weighted by Crippen LogP contribution is 2.21. The van der Waals surface area contributed by atoms with Gasteiger partial charge in [-0.1, -0.05) is 24.3 Å². The number of nitrogens with zero attached hydrogens (tertiary/aromatic N) is 2. The van der Waals surface area contributed by atoms with E-state index >= 15 is 0 Å². The first-order valence-corrected chi connectivity index (χ1v) is 6.43. The Morgan fingerprint density at radius 1 is 1.16 bits per heavy atom. The minimum absolute atomic E-state index is 0.0512. The maximum atomic E-state index is 5.72. The van der Waals surface area contributed by atoms with Gasteiger partial charge in [0.1, 0.15) is 0 Å². The number of nitrogens with one attached hydrogen (secondary N) is 1. The van der Waals surface area contributed by atoms with Gasteiger partial charge in [-0.2, -0.15) is 10.2 Å². The molecule has 2 rings (SSSR count). The quantitative estimate of drug-likeness (QED) is 0.650. The summed E-state index contributed by atoms with van der Waals surface area (Å²) >= 11 is 0. The Morgan fingerprint density at radius 2 is 1.89 bits per heavy atom. The second-order valence-electron chi connectivity index (χ2n) is 4.88. The summed E-state index contributed by atoms with van der Waals surface area (Å²) in [5.74, 6) is 5.72. The number of rotatable bonds is 4. The molecule has 0 spiro atoms. The van der Waals surface area contributed by atoms with Crippen LogP contribution in [0.3, 0.4) is 0 Å². The molecule has 0 amide bonds. The van der Waals surface area contributed by atoms with Crippen LogP contribution in [0.15, 0.2) is 30.3 Å². The fourth-order valence-corrected chi connectivity index (χ4v) is 2.24. The summed E-state index contributed by atoms with van der Waals surface area (Å²) in [5, 5.41) is 8.23. The fraction of sp³-hybridized carbons (Fsp3) is 0.333. The topological polar surface area (TPSA) is 63.8 Å². The molecule has 0 aliphatic carbocycles. The third-order valence-electron chi connectivity index (χ3n) is 3.40. The lowest BCUT2D eigenvalue weighted by atomic mass is 9.96. The summed E-state index contributed by atoms with van der Waals surface area (Å²) in [5.41, 5.74) is 8.40. The summed E-state index contributed by atoms with van der Waals surface area (Å²) < 4.78 is 0. The van der Waals surface area contributed by atoms with Crippen molar-refractivity contribution >= 4 is 0 Å². The molecule has 0 bridgehead atoms. The maximum absolute atomic E-state index is 5.72. The van der Waals surface area contributed by atoms with Gasteiger partial charge in [0.25, 0.3) is 0 Å². The molecule has 2 aromatic rings. The summed E-state index contributed by atoms with van der Waals surface area (Å²) in [4.78, 5) is 0. The van der Waals surface area contributed by atoms with Crippen LogP contribution in [0.2, 0.25) is 0 Å². The number of hydrazine groups is 1. The van der Waals surface area contributed by atoms with Crippen molar-refractivity contribution in [3.63, 3.8) is 0 Å². The SMILES string of the molecule is Cc1cc(C(Cc2ccccc2C)NN)c(C)nn1. The third kappa shape index (κ3) is 3.16. The van der Waals surface area contributed by atoms with Crippen LogP contribution in [-0.4, -0.2) is 10.2 Å². The first kappa shape index (κ1) is 13.6. The van der Waals surface area contributed by atoms with E-state index in [4.69, 9.17) is 5.84 Å². The highest BCUT2D eigenvalue weighted by molar-refractivity contribution is 5.30. The molecule has 4 nitrogen and oxygen atoms in total. The Hall–Kier alpha value is -1.78. The molecule has 0 aliphatic rings. The summed E-state index contributed by atoms with van der Waals surface area (Å²) in [6.07, 6.45) is 0.842. The molecule has 1 aromatic carbocycles.